The number of benzene rings is 2. The summed E-state index contributed by atoms with van der Waals surface area (Å²) in [5.41, 5.74) is 3.54. The molecule has 0 spiro atoms. The largest absolute Gasteiger partial charge is 0.480 e. The van der Waals surface area contributed by atoms with Gasteiger partial charge in [0, 0.05) is 12.0 Å². The van der Waals surface area contributed by atoms with E-state index in [4.69, 9.17) is 5.84 Å². The Morgan fingerprint density at radius 3 is 2.55 bits per heavy atom. The predicted molar refractivity (Wildman–Crippen MR) is 104 cm³/mol. The number of aliphatic imine (C=N–C) groups is 1. The van der Waals surface area contributed by atoms with Gasteiger partial charge in [-0.1, -0.05) is 18.2 Å². The molecular formula is C19H20FN5O4. The SMILES string of the molecule is NNC=Nc1cccc(C(=O)NCC(=O)NC(Cc2ccc(F)cc2)C(=O)O)c1. The fraction of sp³-hybridized carbons (Fsp3) is 0.158. The number of aliphatic carboxylic acids is 1. The van der Waals surface area contributed by atoms with Crippen LogP contribution in [0.3, 0.4) is 0 Å². The van der Waals surface area contributed by atoms with Crippen molar-refractivity contribution in [3.05, 3.63) is 65.5 Å². The van der Waals surface area contributed by atoms with Crippen molar-refractivity contribution in [3.63, 3.8) is 0 Å². The summed E-state index contributed by atoms with van der Waals surface area (Å²) in [6.45, 7) is -0.413. The number of nitrogens with one attached hydrogen (secondary N) is 3. The molecule has 0 saturated carbocycles. The molecule has 0 fully saturated rings. The minimum absolute atomic E-state index is 0.0233. The lowest BCUT2D eigenvalue weighted by molar-refractivity contribution is -0.141. The highest BCUT2D eigenvalue weighted by Crippen LogP contribution is 2.13. The van der Waals surface area contributed by atoms with Gasteiger partial charge in [-0.3, -0.25) is 9.59 Å². The summed E-state index contributed by atoms with van der Waals surface area (Å²) in [6, 6.07) is 10.4. The molecular weight excluding hydrogens is 381 g/mol. The van der Waals surface area contributed by atoms with Gasteiger partial charge in [-0.2, -0.15) is 0 Å². The summed E-state index contributed by atoms with van der Waals surface area (Å²) in [5, 5.41) is 14.0. The van der Waals surface area contributed by atoms with E-state index in [2.05, 4.69) is 21.1 Å². The molecule has 0 heterocycles. The molecule has 6 N–H and O–H groups in total. The van der Waals surface area contributed by atoms with Gasteiger partial charge in [-0.25, -0.2) is 20.0 Å². The summed E-state index contributed by atoms with van der Waals surface area (Å²) in [6.07, 6.45) is 1.22. The second-order valence-corrected chi connectivity index (χ2v) is 5.95. The van der Waals surface area contributed by atoms with E-state index in [-0.39, 0.29) is 12.0 Å². The zero-order chi connectivity index (χ0) is 21.2. The first-order valence-corrected chi connectivity index (χ1v) is 8.52. The quantitative estimate of drug-likeness (QED) is 0.179. The Balaban J connectivity index is 1.91. The minimum Gasteiger partial charge on any atom is -0.480 e. The van der Waals surface area contributed by atoms with Gasteiger partial charge in [-0.15, -0.1) is 0 Å². The van der Waals surface area contributed by atoms with E-state index >= 15 is 0 Å². The number of carbonyl (C=O) groups excluding carboxylic acids is 2. The van der Waals surface area contributed by atoms with Gasteiger partial charge in [0.05, 0.1) is 12.2 Å². The van der Waals surface area contributed by atoms with Gasteiger partial charge in [0.2, 0.25) is 5.91 Å². The van der Waals surface area contributed by atoms with Crippen molar-refractivity contribution in [2.75, 3.05) is 6.54 Å². The number of halogens is 1. The number of rotatable bonds is 9. The lowest BCUT2D eigenvalue weighted by atomic mass is 10.1. The zero-order valence-electron chi connectivity index (χ0n) is 15.3. The Bertz CT molecular complexity index is 902. The molecule has 152 valence electrons. The van der Waals surface area contributed by atoms with Crippen LogP contribution in [0.15, 0.2) is 53.5 Å². The Labute approximate surface area is 165 Å². The number of hydrogen-bond donors (Lipinski definition) is 5. The van der Waals surface area contributed by atoms with Gasteiger partial charge in [0.1, 0.15) is 18.2 Å². The first-order chi connectivity index (χ1) is 13.9. The van der Waals surface area contributed by atoms with Crippen LogP contribution in [-0.2, 0) is 16.0 Å². The third-order valence-corrected chi connectivity index (χ3v) is 3.79. The molecule has 2 aromatic rings. The van der Waals surface area contributed by atoms with Crippen LogP contribution in [0.1, 0.15) is 15.9 Å². The lowest BCUT2D eigenvalue weighted by Gasteiger charge is -2.15. The summed E-state index contributed by atoms with van der Waals surface area (Å²) in [7, 11) is 0. The number of hydrogen-bond acceptors (Lipinski definition) is 5. The molecule has 0 aliphatic heterocycles. The molecule has 1 atom stereocenters. The van der Waals surface area contributed by atoms with E-state index < -0.39 is 36.2 Å². The molecule has 29 heavy (non-hydrogen) atoms. The van der Waals surface area contributed by atoms with Crippen LogP contribution < -0.4 is 21.9 Å². The highest BCUT2D eigenvalue weighted by Gasteiger charge is 2.20. The molecule has 10 heteroatoms. The second-order valence-electron chi connectivity index (χ2n) is 5.95. The molecule has 0 bridgehead atoms. The maximum atomic E-state index is 13.0. The van der Waals surface area contributed by atoms with Crippen molar-refractivity contribution in [3.8, 4) is 0 Å². The van der Waals surface area contributed by atoms with Crippen molar-refractivity contribution >= 4 is 29.8 Å². The third kappa shape index (κ3) is 7.03. The van der Waals surface area contributed by atoms with Gasteiger partial charge in [0.25, 0.3) is 5.91 Å². The molecule has 2 amide bonds. The van der Waals surface area contributed by atoms with Crippen LogP contribution in [0, 0.1) is 5.82 Å². The monoisotopic (exact) mass is 401 g/mol. The topological polar surface area (TPSA) is 146 Å². The standard InChI is InChI=1S/C19H20FN5O4/c20-14-6-4-12(5-7-14)8-16(19(28)29)25-17(26)10-22-18(27)13-2-1-3-15(9-13)23-11-24-21/h1-7,9,11,16H,8,10,21H2,(H,22,27)(H,23,24)(H,25,26)(H,28,29). The molecule has 0 radical (unpaired) electrons. The van der Waals surface area contributed by atoms with Gasteiger partial charge < -0.3 is 21.2 Å². The fourth-order valence-corrected chi connectivity index (χ4v) is 2.40. The Morgan fingerprint density at radius 2 is 1.90 bits per heavy atom. The summed E-state index contributed by atoms with van der Waals surface area (Å²) < 4.78 is 13.0. The minimum atomic E-state index is -1.24. The lowest BCUT2D eigenvalue weighted by Crippen LogP contribution is -2.46. The van der Waals surface area contributed by atoms with Crippen LogP contribution in [0.5, 0.6) is 0 Å². The van der Waals surface area contributed by atoms with E-state index in [0.717, 1.165) is 0 Å². The maximum absolute atomic E-state index is 13.0. The Kier molecular flexibility index (Phi) is 7.80. The van der Waals surface area contributed by atoms with Crippen LogP contribution in [0.4, 0.5) is 10.1 Å². The van der Waals surface area contributed by atoms with E-state index in [1.807, 2.05) is 0 Å². The molecule has 0 aromatic heterocycles. The zero-order valence-corrected chi connectivity index (χ0v) is 15.3. The number of carboxylic acid groups (broad SMARTS) is 1. The fourth-order valence-electron chi connectivity index (χ4n) is 2.40. The van der Waals surface area contributed by atoms with Crippen molar-refractivity contribution in [2.45, 2.75) is 12.5 Å². The summed E-state index contributed by atoms with van der Waals surface area (Å²) in [4.78, 5) is 39.6. The molecule has 0 aliphatic carbocycles. The Morgan fingerprint density at radius 1 is 1.17 bits per heavy atom. The van der Waals surface area contributed by atoms with Crippen molar-refractivity contribution < 1.29 is 23.9 Å². The molecule has 0 saturated heterocycles. The Hall–Kier alpha value is -3.79. The van der Waals surface area contributed by atoms with Gasteiger partial charge >= 0.3 is 5.97 Å². The molecule has 1 unspecified atom stereocenters. The highest BCUT2D eigenvalue weighted by molar-refractivity contribution is 5.97. The van der Waals surface area contributed by atoms with E-state index in [0.29, 0.717) is 11.3 Å². The maximum Gasteiger partial charge on any atom is 0.326 e. The number of hydrazine groups is 1. The molecule has 2 rings (SSSR count). The molecule has 2 aromatic carbocycles. The number of nitrogens with zero attached hydrogens (tertiary/aromatic N) is 1. The second kappa shape index (κ2) is 10.5. The highest BCUT2D eigenvalue weighted by atomic mass is 19.1. The summed E-state index contributed by atoms with van der Waals surface area (Å²) in [5.74, 6) is 2.21. The van der Waals surface area contributed by atoms with Crippen molar-refractivity contribution in [1.82, 2.24) is 16.1 Å². The average Bonchev–Trinajstić information content (AvgIpc) is 2.71. The number of carboxylic acids is 1. The van der Waals surface area contributed by atoms with Crippen LogP contribution in [-0.4, -0.2) is 41.8 Å². The van der Waals surface area contributed by atoms with Crippen LogP contribution in [0.25, 0.3) is 0 Å². The van der Waals surface area contributed by atoms with E-state index in [1.165, 1.54) is 42.7 Å². The van der Waals surface area contributed by atoms with Gasteiger partial charge in [-0.05, 0) is 35.9 Å². The molecule has 0 aliphatic rings. The first kappa shape index (κ1) is 21.5. The van der Waals surface area contributed by atoms with Gasteiger partial charge in [0.15, 0.2) is 0 Å². The number of amides is 2. The number of carbonyl (C=O) groups is 3. The predicted octanol–water partition coefficient (Wildman–Crippen LogP) is 0.491. The smallest absolute Gasteiger partial charge is 0.326 e. The molecule has 9 nitrogen and oxygen atoms in total. The van der Waals surface area contributed by atoms with Crippen LogP contribution in [0.2, 0.25) is 0 Å². The number of nitrogens with two attached hydrogens (primary N) is 1. The van der Waals surface area contributed by atoms with Crippen molar-refractivity contribution in [1.29, 1.82) is 0 Å². The first-order valence-electron chi connectivity index (χ1n) is 8.52. The van der Waals surface area contributed by atoms with Crippen molar-refractivity contribution in [2.24, 2.45) is 10.8 Å². The summed E-state index contributed by atoms with van der Waals surface area (Å²) >= 11 is 0. The third-order valence-electron chi connectivity index (χ3n) is 3.79. The van der Waals surface area contributed by atoms with E-state index in [9.17, 15) is 23.9 Å². The average molecular weight is 401 g/mol. The van der Waals surface area contributed by atoms with E-state index in [1.54, 1.807) is 12.1 Å². The van der Waals surface area contributed by atoms with Crippen LogP contribution >= 0.6 is 0 Å². The normalized spacial score (nSPS) is 11.7.